The summed E-state index contributed by atoms with van der Waals surface area (Å²) in [6, 6.07) is 14.7. The Hall–Kier alpha value is -3.13. The number of amides is 3. The zero-order chi connectivity index (χ0) is 22.9. The van der Waals surface area contributed by atoms with Crippen LogP contribution < -0.4 is 16.0 Å². The number of rotatable bonds is 7. The van der Waals surface area contributed by atoms with Gasteiger partial charge in [-0.25, -0.2) is 4.79 Å². The zero-order valence-electron chi connectivity index (χ0n) is 17.7. The van der Waals surface area contributed by atoms with E-state index in [1.54, 1.807) is 45.0 Å². The summed E-state index contributed by atoms with van der Waals surface area (Å²) in [6.45, 7) is 5.30. The Morgan fingerprint density at radius 2 is 1.74 bits per heavy atom. The molecule has 2 aromatic rings. The van der Waals surface area contributed by atoms with Crippen LogP contribution in [0.2, 0.25) is 0 Å². The quantitative estimate of drug-likeness (QED) is 0.508. The first-order valence-corrected chi connectivity index (χ1v) is 10.5. The molecule has 0 aliphatic carbocycles. The van der Waals surface area contributed by atoms with Crippen molar-refractivity contribution in [2.45, 2.75) is 32.9 Å². The molecule has 2 rings (SSSR count). The van der Waals surface area contributed by atoms with Gasteiger partial charge < -0.3 is 20.7 Å². The number of hydrogen-bond donors (Lipinski definition) is 3. The van der Waals surface area contributed by atoms with E-state index in [1.807, 2.05) is 30.3 Å². The van der Waals surface area contributed by atoms with E-state index in [-0.39, 0.29) is 24.9 Å². The molecule has 0 unspecified atom stereocenters. The first-order chi connectivity index (χ1) is 14.6. The van der Waals surface area contributed by atoms with Crippen molar-refractivity contribution in [2.24, 2.45) is 0 Å². The third kappa shape index (κ3) is 9.95. The predicted octanol–water partition coefficient (Wildman–Crippen LogP) is 4.24. The molecule has 0 aliphatic heterocycles. The van der Waals surface area contributed by atoms with Crippen molar-refractivity contribution in [1.82, 2.24) is 10.6 Å². The Morgan fingerprint density at radius 1 is 1.03 bits per heavy atom. The van der Waals surface area contributed by atoms with Crippen LogP contribution in [0.5, 0.6) is 0 Å². The summed E-state index contributed by atoms with van der Waals surface area (Å²) < 4.78 is 6.05. The first kappa shape index (κ1) is 24.1. The lowest BCUT2D eigenvalue weighted by Crippen LogP contribution is -2.39. The standard InChI is InChI=1S/C23H26BrN3O4/c1-23(2,3)31-22(30)26-15-21(29)25-14-17-5-4-6-19(13-17)27-20(28)12-9-16-7-10-18(24)11-8-16/h4-13H,14-15H2,1-3H3,(H,25,29)(H,26,30)(H,27,28)/b12-9+. The molecule has 0 saturated heterocycles. The van der Waals surface area contributed by atoms with E-state index in [1.165, 1.54) is 6.08 Å². The molecular formula is C23H26BrN3O4. The highest BCUT2D eigenvalue weighted by molar-refractivity contribution is 9.10. The minimum absolute atomic E-state index is 0.188. The Labute approximate surface area is 190 Å². The molecule has 0 saturated carbocycles. The lowest BCUT2D eigenvalue weighted by atomic mass is 10.2. The highest BCUT2D eigenvalue weighted by atomic mass is 79.9. The Kier molecular flexibility index (Phi) is 8.81. The lowest BCUT2D eigenvalue weighted by Gasteiger charge is -2.19. The maximum absolute atomic E-state index is 12.1. The van der Waals surface area contributed by atoms with E-state index in [9.17, 15) is 14.4 Å². The molecule has 0 aliphatic rings. The molecule has 0 bridgehead atoms. The van der Waals surface area contributed by atoms with Gasteiger partial charge in [0.15, 0.2) is 0 Å². The minimum atomic E-state index is -0.649. The molecule has 0 aromatic heterocycles. The van der Waals surface area contributed by atoms with Crippen LogP contribution in [0.3, 0.4) is 0 Å². The maximum atomic E-state index is 12.1. The molecular weight excluding hydrogens is 462 g/mol. The van der Waals surface area contributed by atoms with Crippen LogP contribution in [0.1, 0.15) is 31.9 Å². The fourth-order valence-electron chi connectivity index (χ4n) is 2.42. The highest BCUT2D eigenvalue weighted by Crippen LogP contribution is 2.13. The van der Waals surface area contributed by atoms with Gasteiger partial charge in [0, 0.05) is 22.8 Å². The fraction of sp³-hybridized carbons (Fsp3) is 0.261. The number of benzene rings is 2. The maximum Gasteiger partial charge on any atom is 0.408 e. The number of ether oxygens (including phenoxy) is 1. The van der Waals surface area contributed by atoms with Crippen molar-refractivity contribution in [3.8, 4) is 0 Å². The topological polar surface area (TPSA) is 96.5 Å². The average Bonchev–Trinajstić information content (AvgIpc) is 2.69. The number of halogens is 1. The SMILES string of the molecule is CC(C)(C)OC(=O)NCC(=O)NCc1cccc(NC(=O)/C=C/c2ccc(Br)cc2)c1. The van der Waals surface area contributed by atoms with Gasteiger partial charge in [-0.3, -0.25) is 9.59 Å². The summed E-state index contributed by atoms with van der Waals surface area (Å²) in [5.74, 6) is -0.608. The summed E-state index contributed by atoms with van der Waals surface area (Å²) in [6.07, 6.45) is 2.53. The van der Waals surface area contributed by atoms with E-state index in [4.69, 9.17) is 4.74 Å². The molecule has 0 spiro atoms. The molecule has 0 atom stereocenters. The molecule has 8 heteroatoms. The Balaban J connectivity index is 1.80. The summed E-state index contributed by atoms with van der Waals surface area (Å²) in [5, 5.41) is 7.90. The van der Waals surface area contributed by atoms with E-state index >= 15 is 0 Å². The molecule has 0 heterocycles. The first-order valence-electron chi connectivity index (χ1n) is 9.68. The number of alkyl carbamates (subject to hydrolysis) is 1. The Morgan fingerprint density at radius 3 is 2.42 bits per heavy atom. The highest BCUT2D eigenvalue weighted by Gasteiger charge is 2.16. The van der Waals surface area contributed by atoms with E-state index in [2.05, 4.69) is 31.9 Å². The van der Waals surface area contributed by atoms with Crippen LogP contribution in [0.15, 0.2) is 59.1 Å². The third-order valence-corrected chi connectivity index (χ3v) is 4.30. The van der Waals surface area contributed by atoms with Crippen molar-refractivity contribution in [2.75, 3.05) is 11.9 Å². The summed E-state index contributed by atoms with van der Waals surface area (Å²) in [5.41, 5.74) is 1.71. The van der Waals surface area contributed by atoms with Gasteiger partial charge in [0.25, 0.3) is 0 Å². The second-order valence-corrected chi connectivity index (χ2v) is 8.62. The summed E-state index contributed by atoms with van der Waals surface area (Å²) in [4.78, 5) is 35.7. The van der Waals surface area contributed by atoms with Crippen LogP contribution in [0.4, 0.5) is 10.5 Å². The molecule has 3 N–H and O–H groups in total. The number of carbonyl (C=O) groups excluding carboxylic acids is 3. The predicted molar refractivity (Wildman–Crippen MR) is 124 cm³/mol. The van der Waals surface area contributed by atoms with Crippen molar-refractivity contribution < 1.29 is 19.1 Å². The monoisotopic (exact) mass is 487 g/mol. The molecule has 3 amide bonds. The number of hydrogen-bond acceptors (Lipinski definition) is 4. The van der Waals surface area contributed by atoms with Crippen LogP contribution in [-0.2, 0) is 20.9 Å². The van der Waals surface area contributed by atoms with E-state index in [0.29, 0.717) is 5.69 Å². The molecule has 7 nitrogen and oxygen atoms in total. The molecule has 31 heavy (non-hydrogen) atoms. The molecule has 164 valence electrons. The van der Waals surface area contributed by atoms with Crippen LogP contribution >= 0.6 is 15.9 Å². The van der Waals surface area contributed by atoms with Crippen molar-refractivity contribution in [3.05, 3.63) is 70.2 Å². The normalized spacial score (nSPS) is 11.1. The van der Waals surface area contributed by atoms with E-state index < -0.39 is 11.7 Å². The molecule has 0 fully saturated rings. The number of anilines is 1. The molecule has 2 aromatic carbocycles. The van der Waals surface area contributed by atoms with Crippen LogP contribution in [0.25, 0.3) is 6.08 Å². The van der Waals surface area contributed by atoms with Gasteiger partial charge in [-0.2, -0.15) is 0 Å². The Bertz CT molecular complexity index is 950. The largest absolute Gasteiger partial charge is 0.444 e. The van der Waals surface area contributed by atoms with E-state index in [0.717, 1.165) is 15.6 Å². The van der Waals surface area contributed by atoms with Gasteiger partial charge in [-0.05, 0) is 62.2 Å². The fourth-order valence-corrected chi connectivity index (χ4v) is 2.68. The number of nitrogens with one attached hydrogen (secondary N) is 3. The van der Waals surface area contributed by atoms with Crippen LogP contribution in [-0.4, -0.2) is 30.1 Å². The van der Waals surface area contributed by atoms with Gasteiger partial charge in [0.05, 0.1) is 0 Å². The smallest absolute Gasteiger partial charge is 0.408 e. The van der Waals surface area contributed by atoms with Gasteiger partial charge >= 0.3 is 6.09 Å². The minimum Gasteiger partial charge on any atom is -0.444 e. The van der Waals surface area contributed by atoms with Gasteiger partial charge in [-0.1, -0.05) is 40.2 Å². The van der Waals surface area contributed by atoms with Crippen molar-refractivity contribution in [3.63, 3.8) is 0 Å². The van der Waals surface area contributed by atoms with Gasteiger partial charge in [-0.15, -0.1) is 0 Å². The average molecular weight is 488 g/mol. The van der Waals surface area contributed by atoms with Crippen molar-refractivity contribution >= 4 is 45.6 Å². The third-order valence-electron chi connectivity index (χ3n) is 3.77. The zero-order valence-corrected chi connectivity index (χ0v) is 19.3. The lowest BCUT2D eigenvalue weighted by molar-refractivity contribution is -0.120. The number of carbonyl (C=O) groups is 3. The second-order valence-electron chi connectivity index (χ2n) is 7.71. The second kappa shape index (κ2) is 11.3. The van der Waals surface area contributed by atoms with Gasteiger partial charge in [0.2, 0.25) is 11.8 Å². The van der Waals surface area contributed by atoms with Crippen LogP contribution in [0, 0.1) is 0 Å². The van der Waals surface area contributed by atoms with Crippen molar-refractivity contribution in [1.29, 1.82) is 0 Å². The van der Waals surface area contributed by atoms with Gasteiger partial charge in [0.1, 0.15) is 12.1 Å². The molecule has 0 radical (unpaired) electrons. The summed E-state index contributed by atoms with van der Waals surface area (Å²) in [7, 11) is 0. The summed E-state index contributed by atoms with van der Waals surface area (Å²) >= 11 is 3.37.